The summed E-state index contributed by atoms with van der Waals surface area (Å²) >= 11 is 3.09. The van der Waals surface area contributed by atoms with Gasteiger partial charge in [0.15, 0.2) is 4.80 Å². The van der Waals surface area contributed by atoms with E-state index in [2.05, 4.69) is 54.8 Å². The number of para-hydroxylation sites is 1. The molecule has 6 heteroatoms. The largest absolute Gasteiger partial charge is 0.507 e. The van der Waals surface area contributed by atoms with Crippen LogP contribution in [0.1, 0.15) is 34.7 Å². The summed E-state index contributed by atoms with van der Waals surface area (Å²) in [6, 6.07) is 23.8. The Kier molecular flexibility index (Phi) is 5.27. The average molecular weight is 483 g/mol. The van der Waals surface area contributed by atoms with Gasteiger partial charge in [0.25, 0.3) is 5.56 Å². The first-order chi connectivity index (χ1) is 16.6. The molecule has 0 unspecified atom stereocenters. The van der Waals surface area contributed by atoms with E-state index in [4.69, 9.17) is 4.99 Å². The van der Waals surface area contributed by atoms with Gasteiger partial charge in [-0.15, -0.1) is 11.8 Å². The van der Waals surface area contributed by atoms with Crippen LogP contribution in [0.2, 0.25) is 0 Å². The Morgan fingerprint density at radius 3 is 2.59 bits per heavy atom. The van der Waals surface area contributed by atoms with Crippen molar-refractivity contribution in [2.75, 3.05) is 6.26 Å². The molecule has 0 spiro atoms. The van der Waals surface area contributed by atoms with Gasteiger partial charge in [0.2, 0.25) is 0 Å². The normalized spacial score (nSPS) is 17.1. The molecule has 0 saturated carbocycles. The molecule has 0 bridgehead atoms. The van der Waals surface area contributed by atoms with Crippen LogP contribution in [0.5, 0.6) is 5.75 Å². The minimum absolute atomic E-state index is 0.0728. The summed E-state index contributed by atoms with van der Waals surface area (Å²) in [6.07, 6.45) is 5.64. The molecular formula is C28H22N2O2S2. The van der Waals surface area contributed by atoms with E-state index in [1.165, 1.54) is 27.4 Å². The lowest BCUT2D eigenvalue weighted by molar-refractivity contribution is 0.474. The van der Waals surface area contributed by atoms with Gasteiger partial charge in [-0.25, -0.2) is 4.99 Å². The van der Waals surface area contributed by atoms with Gasteiger partial charge in [-0.2, -0.15) is 0 Å². The van der Waals surface area contributed by atoms with Crippen LogP contribution in [0, 0.1) is 0 Å². The highest BCUT2D eigenvalue weighted by Gasteiger charge is 2.32. The highest BCUT2D eigenvalue weighted by molar-refractivity contribution is 7.98. The third-order valence-electron chi connectivity index (χ3n) is 6.53. The lowest BCUT2D eigenvalue weighted by Crippen LogP contribution is -2.38. The van der Waals surface area contributed by atoms with E-state index in [0.717, 1.165) is 29.7 Å². The van der Waals surface area contributed by atoms with Crippen molar-refractivity contribution in [1.82, 2.24) is 4.57 Å². The monoisotopic (exact) mass is 482 g/mol. The Balaban J connectivity index is 1.62. The van der Waals surface area contributed by atoms with Gasteiger partial charge >= 0.3 is 0 Å². The van der Waals surface area contributed by atoms with E-state index in [0.29, 0.717) is 14.9 Å². The Labute approximate surface area is 205 Å². The van der Waals surface area contributed by atoms with Crippen LogP contribution in [0.15, 0.2) is 93.1 Å². The van der Waals surface area contributed by atoms with Crippen LogP contribution in [0.25, 0.3) is 11.8 Å². The van der Waals surface area contributed by atoms with E-state index in [9.17, 15) is 9.90 Å². The van der Waals surface area contributed by atoms with Gasteiger partial charge in [-0.3, -0.25) is 9.36 Å². The van der Waals surface area contributed by atoms with Gasteiger partial charge in [0.05, 0.1) is 16.3 Å². The van der Waals surface area contributed by atoms with Crippen molar-refractivity contribution in [3.63, 3.8) is 0 Å². The van der Waals surface area contributed by atoms with Crippen LogP contribution in [0.4, 0.5) is 0 Å². The summed E-state index contributed by atoms with van der Waals surface area (Å²) in [5, 5.41) is 10.3. The molecule has 1 N–H and O–H groups in total. The van der Waals surface area contributed by atoms with Crippen molar-refractivity contribution in [3.8, 4) is 5.75 Å². The van der Waals surface area contributed by atoms with Crippen molar-refractivity contribution in [2.45, 2.75) is 23.8 Å². The summed E-state index contributed by atoms with van der Waals surface area (Å²) in [5.74, 6) is 0.158. The summed E-state index contributed by atoms with van der Waals surface area (Å²) in [6.45, 7) is 0. The number of aromatic hydroxyl groups is 1. The number of aryl methyl sites for hydroxylation is 1. The second-order valence-electron chi connectivity index (χ2n) is 8.45. The first-order valence-electron chi connectivity index (χ1n) is 11.2. The number of nitrogens with zero attached hydrogens (tertiary/aromatic N) is 2. The molecule has 1 aromatic heterocycles. The summed E-state index contributed by atoms with van der Waals surface area (Å²) in [4.78, 5) is 20.7. The lowest BCUT2D eigenvalue weighted by atomic mass is 9.83. The van der Waals surface area contributed by atoms with Crippen LogP contribution in [-0.2, 0) is 6.42 Å². The molecule has 2 aliphatic rings. The quantitative estimate of drug-likeness (QED) is 0.429. The molecule has 4 aromatic rings. The third kappa shape index (κ3) is 3.45. The van der Waals surface area contributed by atoms with Crippen LogP contribution < -0.4 is 14.9 Å². The standard InChI is InChI=1S/C28H22N2O2S2/c1-33-20-13-10-18(11-14-20)26-22-15-12-17-6-2-4-8-21(17)25(22)29-28-30(26)27(32)24(34-28)16-19-7-3-5-9-23(19)31/h2-11,13-14,16,26,31H,12,15H2,1H3/b24-16-/t26-/m1/s1. The molecule has 3 aromatic carbocycles. The molecule has 1 aliphatic heterocycles. The van der Waals surface area contributed by atoms with Gasteiger partial charge in [0, 0.05) is 16.0 Å². The van der Waals surface area contributed by atoms with Gasteiger partial charge < -0.3 is 5.11 Å². The number of hydrogen-bond acceptors (Lipinski definition) is 5. The molecule has 34 heavy (non-hydrogen) atoms. The first kappa shape index (κ1) is 21.2. The number of allylic oxidation sites excluding steroid dienone is 1. The molecule has 168 valence electrons. The number of benzene rings is 3. The average Bonchev–Trinajstić information content (AvgIpc) is 3.18. The molecule has 1 aliphatic carbocycles. The van der Waals surface area contributed by atoms with Crippen LogP contribution in [0.3, 0.4) is 0 Å². The summed E-state index contributed by atoms with van der Waals surface area (Å²) in [7, 11) is 0. The second kappa shape index (κ2) is 8.46. The summed E-state index contributed by atoms with van der Waals surface area (Å²) < 4.78 is 2.41. The van der Waals surface area contributed by atoms with E-state index >= 15 is 0 Å². The molecule has 4 nitrogen and oxygen atoms in total. The first-order valence-corrected chi connectivity index (χ1v) is 13.2. The zero-order valence-corrected chi connectivity index (χ0v) is 20.2. The molecule has 2 heterocycles. The van der Waals surface area contributed by atoms with E-state index in [1.807, 2.05) is 16.7 Å². The Morgan fingerprint density at radius 2 is 1.79 bits per heavy atom. The number of rotatable bonds is 3. The maximum Gasteiger partial charge on any atom is 0.271 e. The maximum atomic E-state index is 13.7. The summed E-state index contributed by atoms with van der Waals surface area (Å²) in [5.41, 5.74) is 6.30. The number of phenolic OH excluding ortho intramolecular Hbond substituents is 1. The number of hydrogen-bond donors (Lipinski definition) is 1. The van der Waals surface area contributed by atoms with Gasteiger partial charge in [-0.1, -0.05) is 65.9 Å². The highest BCUT2D eigenvalue weighted by atomic mass is 32.2. The van der Waals surface area contributed by atoms with E-state index < -0.39 is 0 Å². The Bertz CT molecular complexity index is 1630. The number of aromatic nitrogens is 1. The molecule has 6 rings (SSSR count). The lowest BCUT2D eigenvalue weighted by Gasteiger charge is -2.30. The minimum atomic E-state index is -0.193. The predicted molar refractivity (Wildman–Crippen MR) is 139 cm³/mol. The number of phenols is 1. The number of thiazole rings is 1. The van der Waals surface area contributed by atoms with Gasteiger partial charge in [0.1, 0.15) is 5.75 Å². The Hall–Kier alpha value is -3.35. The minimum Gasteiger partial charge on any atom is -0.507 e. The molecule has 1 atom stereocenters. The van der Waals surface area contributed by atoms with Crippen LogP contribution >= 0.6 is 23.1 Å². The van der Waals surface area contributed by atoms with Crippen molar-refractivity contribution in [2.24, 2.45) is 4.99 Å². The maximum absolute atomic E-state index is 13.7. The zero-order valence-electron chi connectivity index (χ0n) is 18.6. The van der Waals surface area contributed by atoms with Crippen LogP contribution in [-0.4, -0.2) is 15.9 Å². The topological polar surface area (TPSA) is 54.6 Å². The molecular weight excluding hydrogens is 460 g/mol. The van der Waals surface area contributed by atoms with E-state index in [1.54, 1.807) is 30.0 Å². The number of thioether (sulfide) groups is 1. The third-order valence-corrected chi connectivity index (χ3v) is 8.25. The highest BCUT2D eigenvalue weighted by Crippen LogP contribution is 2.41. The van der Waals surface area contributed by atoms with Gasteiger partial charge in [-0.05, 0) is 60.1 Å². The SMILES string of the molecule is CSc1ccc([C@@H]2C3=C(N=c4s/c(=C\c5ccccc5O)c(=O)n42)c2ccccc2CC3)cc1. The Morgan fingerprint density at radius 1 is 1.03 bits per heavy atom. The van der Waals surface area contributed by atoms with Crippen molar-refractivity contribution >= 4 is 34.9 Å². The van der Waals surface area contributed by atoms with Crippen molar-refractivity contribution in [3.05, 3.63) is 120 Å². The fourth-order valence-corrected chi connectivity index (χ4v) is 6.26. The fraction of sp³-hybridized carbons (Fsp3) is 0.143. The molecule has 0 saturated heterocycles. The predicted octanol–water partition coefficient (Wildman–Crippen LogP) is 4.75. The molecule has 0 amide bonds. The second-order valence-corrected chi connectivity index (χ2v) is 10.3. The van der Waals surface area contributed by atoms with E-state index in [-0.39, 0.29) is 17.4 Å². The molecule has 0 fully saturated rings. The molecule has 0 radical (unpaired) electrons. The number of fused-ring (bicyclic) bond motifs is 3. The van der Waals surface area contributed by atoms with Crippen molar-refractivity contribution < 1.29 is 5.11 Å². The smallest absolute Gasteiger partial charge is 0.271 e. The fourth-order valence-electron chi connectivity index (χ4n) is 4.86. The van der Waals surface area contributed by atoms with Crippen molar-refractivity contribution in [1.29, 1.82) is 0 Å². The zero-order chi connectivity index (χ0) is 23.2.